The third-order valence-electron chi connectivity index (χ3n) is 4.46. The van der Waals surface area contributed by atoms with E-state index in [0.717, 1.165) is 23.8 Å². The summed E-state index contributed by atoms with van der Waals surface area (Å²) in [6, 6.07) is 5.70. The van der Waals surface area contributed by atoms with Crippen molar-refractivity contribution < 1.29 is 37.0 Å². The van der Waals surface area contributed by atoms with Gasteiger partial charge >= 0.3 is 11.9 Å². The van der Waals surface area contributed by atoms with Gasteiger partial charge in [-0.1, -0.05) is 13.8 Å². The second-order valence-electron chi connectivity index (χ2n) is 6.38. The fourth-order valence-corrected chi connectivity index (χ4v) is 2.92. The molecule has 1 heterocycles. The van der Waals surface area contributed by atoms with Crippen LogP contribution in [0.3, 0.4) is 0 Å². The highest BCUT2D eigenvalue weighted by Crippen LogP contribution is 2.31. The van der Waals surface area contributed by atoms with E-state index < -0.39 is 48.1 Å². The lowest BCUT2D eigenvalue weighted by Crippen LogP contribution is -2.25. The van der Waals surface area contributed by atoms with Gasteiger partial charge in [-0.3, -0.25) is 9.59 Å². The number of rotatable bonds is 6. The number of hydrogen-bond acceptors (Lipinski definition) is 6. The van der Waals surface area contributed by atoms with E-state index >= 15 is 0 Å². The Morgan fingerprint density at radius 2 is 1.52 bits per heavy atom. The van der Waals surface area contributed by atoms with Gasteiger partial charge in [0.15, 0.2) is 24.1 Å². The molecular formula is C23H22F3NO6. The van der Waals surface area contributed by atoms with Crippen molar-refractivity contribution in [1.82, 2.24) is 4.57 Å². The van der Waals surface area contributed by atoms with E-state index in [0.29, 0.717) is 0 Å². The molecule has 0 aliphatic heterocycles. The van der Waals surface area contributed by atoms with Gasteiger partial charge in [0.25, 0.3) is 5.56 Å². The molecule has 0 aliphatic rings. The predicted octanol–water partition coefficient (Wildman–Crippen LogP) is 3.84. The van der Waals surface area contributed by atoms with E-state index in [4.69, 9.17) is 4.74 Å². The first-order chi connectivity index (χ1) is 15.7. The second-order valence-corrected chi connectivity index (χ2v) is 6.38. The zero-order valence-corrected chi connectivity index (χ0v) is 18.4. The van der Waals surface area contributed by atoms with E-state index in [1.165, 1.54) is 31.5 Å². The third-order valence-corrected chi connectivity index (χ3v) is 4.46. The molecule has 1 aromatic heterocycles. The zero-order valence-electron chi connectivity index (χ0n) is 18.4. The molecule has 0 fully saturated rings. The summed E-state index contributed by atoms with van der Waals surface area (Å²) >= 11 is 0. The van der Waals surface area contributed by atoms with Crippen molar-refractivity contribution in [2.45, 2.75) is 20.4 Å². The van der Waals surface area contributed by atoms with Gasteiger partial charge in [-0.15, -0.1) is 0 Å². The van der Waals surface area contributed by atoms with Crippen LogP contribution < -0.4 is 10.3 Å². The molecule has 3 rings (SSSR count). The molecule has 10 heteroatoms. The second kappa shape index (κ2) is 11.2. The first-order valence-electron chi connectivity index (χ1n) is 9.83. The molecule has 0 radical (unpaired) electrons. The molecule has 176 valence electrons. The highest BCUT2D eigenvalue weighted by molar-refractivity contribution is 5.97. The standard InChI is InChI=1S/C21H16F3NO6.C2H6/c1-29-18(26)9-25-8-15(11-5-16(22)20(24)17(23)6-11)14-7-12(31-10-19(27)30-2)3-4-13(14)21(25)28;1-2/h3-8H,9-10H2,1-2H3;1-2H3. The minimum absolute atomic E-state index is 0.0786. The Morgan fingerprint density at radius 1 is 0.909 bits per heavy atom. The lowest BCUT2D eigenvalue weighted by Gasteiger charge is -2.14. The molecule has 0 spiro atoms. The number of benzene rings is 2. The summed E-state index contributed by atoms with van der Waals surface area (Å²) in [6.07, 6.45) is 1.21. The van der Waals surface area contributed by atoms with Crippen molar-refractivity contribution in [2.24, 2.45) is 0 Å². The maximum absolute atomic E-state index is 13.9. The minimum Gasteiger partial charge on any atom is -0.482 e. The van der Waals surface area contributed by atoms with Crippen molar-refractivity contribution in [3.63, 3.8) is 0 Å². The van der Waals surface area contributed by atoms with E-state index in [-0.39, 0.29) is 27.6 Å². The molecule has 0 amide bonds. The first kappa shape index (κ1) is 25.4. The monoisotopic (exact) mass is 465 g/mol. The molecule has 0 atom stereocenters. The lowest BCUT2D eigenvalue weighted by molar-refractivity contribution is -0.143. The van der Waals surface area contributed by atoms with Crippen LogP contribution in [-0.4, -0.2) is 37.3 Å². The summed E-state index contributed by atoms with van der Waals surface area (Å²) in [6.45, 7) is 3.14. The minimum atomic E-state index is -1.64. The summed E-state index contributed by atoms with van der Waals surface area (Å²) in [4.78, 5) is 35.8. The first-order valence-corrected chi connectivity index (χ1v) is 9.83. The highest BCUT2D eigenvalue weighted by Gasteiger charge is 2.18. The molecule has 3 aromatic rings. The summed E-state index contributed by atoms with van der Waals surface area (Å²) in [5.41, 5.74) is -0.531. The Bertz CT molecular complexity index is 1220. The highest BCUT2D eigenvalue weighted by atomic mass is 19.2. The summed E-state index contributed by atoms with van der Waals surface area (Å²) in [7, 11) is 2.33. The molecule has 33 heavy (non-hydrogen) atoms. The molecule has 2 aromatic carbocycles. The topological polar surface area (TPSA) is 83.8 Å². The predicted molar refractivity (Wildman–Crippen MR) is 114 cm³/mol. The Hall–Kier alpha value is -3.82. The van der Waals surface area contributed by atoms with Gasteiger partial charge in [-0.05, 0) is 35.9 Å². The molecule has 0 unspecified atom stereocenters. The number of carbonyl (C=O) groups is 2. The van der Waals surface area contributed by atoms with Crippen LogP contribution in [0.2, 0.25) is 0 Å². The largest absolute Gasteiger partial charge is 0.482 e. The average Bonchev–Trinajstić information content (AvgIpc) is 2.83. The Kier molecular flexibility index (Phi) is 8.61. The van der Waals surface area contributed by atoms with Crippen LogP contribution >= 0.6 is 0 Å². The molecule has 7 nitrogen and oxygen atoms in total. The van der Waals surface area contributed by atoms with Crippen LogP contribution in [0.15, 0.2) is 41.3 Å². The SMILES string of the molecule is CC.COC(=O)COc1ccc2c(=O)n(CC(=O)OC)cc(-c3cc(F)c(F)c(F)c3)c2c1. The number of hydrogen-bond donors (Lipinski definition) is 0. The summed E-state index contributed by atoms with van der Waals surface area (Å²) < 4.78 is 56.6. The fraction of sp³-hybridized carbons (Fsp3) is 0.261. The van der Waals surface area contributed by atoms with Crippen molar-refractivity contribution in [3.05, 3.63) is 64.3 Å². The number of fused-ring (bicyclic) bond motifs is 1. The quantitative estimate of drug-likeness (QED) is 0.406. The smallest absolute Gasteiger partial charge is 0.343 e. The van der Waals surface area contributed by atoms with Gasteiger partial charge in [0.1, 0.15) is 12.3 Å². The van der Waals surface area contributed by atoms with E-state index in [1.54, 1.807) is 0 Å². The summed E-state index contributed by atoms with van der Waals surface area (Å²) in [5.74, 6) is -5.68. The van der Waals surface area contributed by atoms with E-state index in [2.05, 4.69) is 9.47 Å². The van der Waals surface area contributed by atoms with Crippen LogP contribution in [-0.2, 0) is 25.6 Å². The van der Waals surface area contributed by atoms with Gasteiger partial charge < -0.3 is 18.8 Å². The molecule has 0 saturated carbocycles. The lowest BCUT2D eigenvalue weighted by atomic mass is 10.00. The Morgan fingerprint density at radius 3 is 2.09 bits per heavy atom. The maximum Gasteiger partial charge on any atom is 0.343 e. The molecule has 0 aliphatic carbocycles. The van der Waals surface area contributed by atoms with Crippen molar-refractivity contribution in [3.8, 4) is 16.9 Å². The van der Waals surface area contributed by atoms with Gasteiger partial charge in [0.2, 0.25) is 0 Å². The van der Waals surface area contributed by atoms with Crippen LogP contribution in [0.25, 0.3) is 21.9 Å². The number of esters is 2. The van der Waals surface area contributed by atoms with Crippen LogP contribution in [0.5, 0.6) is 5.75 Å². The van der Waals surface area contributed by atoms with Crippen LogP contribution in [0.1, 0.15) is 13.8 Å². The number of pyridine rings is 1. The van der Waals surface area contributed by atoms with Crippen LogP contribution in [0, 0.1) is 17.5 Å². The van der Waals surface area contributed by atoms with E-state index in [9.17, 15) is 27.6 Å². The molecule has 0 saturated heterocycles. The van der Waals surface area contributed by atoms with Crippen molar-refractivity contribution in [1.29, 1.82) is 0 Å². The number of halogens is 3. The molecule has 0 bridgehead atoms. The molecule has 0 N–H and O–H groups in total. The Labute approximate surface area is 187 Å². The number of ether oxygens (including phenoxy) is 3. The van der Waals surface area contributed by atoms with Gasteiger partial charge in [-0.25, -0.2) is 18.0 Å². The summed E-state index contributed by atoms with van der Waals surface area (Å²) in [5, 5.41) is 0.302. The van der Waals surface area contributed by atoms with Gasteiger partial charge in [-0.2, -0.15) is 0 Å². The zero-order chi connectivity index (χ0) is 24.7. The molecular weight excluding hydrogens is 443 g/mol. The maximum atomic E-state index is 13.9. The number of methoxy groups -OCH3 is 2. The average molecular weight is 465 g/mol. The van der Waals surface area contributed by atoms with Gasteiger partial charge in [0.05, 0.1) is 14.2 Å². The van der Waals surface area contributed by atoms with Crippen molar-refractivity contribution in [2.75, 3.05) is 20.8 Å². The number of carbonyl (C=O) groups excluding carboxylic acids is 2. The van der Waals surface area contributed by atoms with E-state index in [1.807, 2.05) is 13.8 Å². The van der Waals surface area contributed by atoms with Gasteiger partial charge in [0, 0.05) is 22.5 Å². The Balaban J connectivity index is 0.00000187. The normalized spacial score (nSPS) is 10.3. The van der Waals surface area contributed by atoms with Crippen molar-refractivity contribution >= 4 is 22.7 Å². The number of aromatic nitrogens is 1. The fourth-order valence-electron chi connectivity index (χ4n) is 2.92. The third kappa shape index (κ3) is 5.71. The van der Waals surface area contributed by atoms with Crippen LogP contribution in [0.4, 0.5) is 13.2 Å². The number of nitrogens with zero attached hydrogens (tertiary/aromatic N) is 1.